The minimum atomic E-state index is -0.756. The first kappa shape index (κ1) is 18.4. The lowest BCUT2D eigenvalue weighted by molar-refractivity contribution is 0.450. The van der Waals surface area contributed by atoms with Gasteiger partial charge in [-0.2, -0.15) is 0 Å². The number of rotatable bonds is 5. The summed E-state index contributed by atoms with van der Waals surface area (Å²) in [7, 11) is 0. The molecule has 0 amide bonds. The number of benzene rings is 1. The first-order valence-corrected chi connectivity index (χ1v) is 8.05. The van der Waals surface area contributed by atoms with E-state index < -0.39 is 17.5 Å². The fourth-order valence-corrected chi connectivity index (χ4v) is 2.35. The maximum Gasteiger partial charge on any atom is 0.211 e. The molecular formula is C18H16F3N5O. The first-order chi connectivity index (χ1) is 12.8. The van der Waals surface area contributed by atoms with Crippen molar-refractivity contribution in [3.8, 4) is 17.4 Å². The average molecular weight is 375 g/mol. The number of pyridine rings is 1. The Kier molecular flexibility index (Phi) is 5.11. The highest BCUT2D eigenvalue weighted by Crippen LogP contribution is 2.25. The molecule has 1 aromatic carbocycles. The minimum absolute atomic E-state index is 0.00852. The fourth-order valence-electron chi connectivity index (χ4n) is 2.35. The van der Waals surface area contributed by atoms with Crippen molar-refractivity contribution < 1.29 is 18.3 Å². The zero-order valence-electron chi connectivity index (χ0n) is 14.5. The average Bonchev–Trinajstić information content (AvgIpc) is 2.55. The van der Waals surface area contributed by atoms with Crippen molar-refractivity contribution in [3.05, 3.63) is 53.8 Å². The van der Waals surface area contributed by atoms with E-state index in [1.165, 1.54) is 6.07 Å². The fraction of sp³-hybridized carbons (Fsp3) is 0.167. The quantitative estimate of drug-likeness (QED) is 0.619. The van der Waals surface area contributed by atoms with E-state index in [0.717, 1.165) is 30.3 Å². The lowest BCUT2D eigenvalue weighted by Crippen LogP contribution is -2.12. The molecule has 2 aromatic heterocycles. The largest absolute Gasteiger partial charge is 0.493 e. The summed E-state index contributed by atoms with van der Waals surface area (Å²) in [6.07, 6.45) is 0. The molecule has 0 atom stereocenters. The van der Waals surface area contributed by atoms with Gasteiger partial charge in [-0.05, 0) is 32.0 Å². The van der Waals surface area contributed by atoms with E-state index in [1.807, 2.05) is 13.8 Å². The van der Waals surface area contributed by atoms with Crippen LogP contribution in [0.25, 0.3) is 11.5 Å². The Hall–Kier alpha value is -3.36. The Morgan fingerprint density at radius 3 is 2.22 bits per heavy atom. The van der Waals surface area contributed by atoms with Gasteiger partial charge >= 0.3 is 0 Å². The van der Waals surface area contributed by atoms with Crippen LogP contribution >= 0.6 is 0 Å². The highest BCUT2D eigenvalue weighted by molar-refractivity contribution is 5.64. The molecule has 9 heteroatoms. The van der Waals surface area contributed by atoms with Crippen molar-refractivity contribution in [2.75, 3.05) is 10.6 Å². The maximum atomic E-state index is 14.1. The Morgan fingerprint density at radius 1 is 0.889 bits per heavy atom. The van der Waals surface area contributed by atoms with Crippen LogP contribution in [-0.4, -0.2) is 26.1 Å². The number of nitrogens with one attached hydrogen (secondary N) is 2. The van der Waals surface area contributed by atoms with Gasteiger partial charge in [0.15, 0.2) is 11.6 Å². The van der Waals surface area contributed by atoms with E-state index in [0.29, 0.717) is 5.82 Å². The van der Waals surface area contributed by atoms with E-state index in [-0.39, 0.29) is 34.9 Å². The summed E-state index contributed by atoms with van der Waals surface area (Å²) in [5.74, 6) is -2.22. The zero-order chi connectivity index (χ0) is 19.6. The molecule has 0 saturated carbocycles. The van der Waals surface area contributed by atoms with Gasteiger partial charge in [0.2, 0.25) is 5.88 Å². The van der Waals surface area contributed by atoms with E-state index in [9.17, 15) is 18.3 Å². The summed E-state index contributed by atoms with van der Waals surface area (Å²) >= 11 is 0. The van der Waals surface area contributed by atoms with Gasteiger partial charge in [0.05, 0.1) is 0 Å². The molecule has 27 heavy (non-hydrogen) atoms. The van der Waals surface area contributed by atoms with Gasteiger partial charge < -0.3 is 15.7 Å². The van der Waals surface area contributed by atoms with Gasteiger partial charge in [-0.3, -0.25) is 0 Å². The predicted molar refractivity (Wildman–Crippen MR) is 95.3 cm³/mol. The summed E-state index contributed by atoms with van der Waals surface area (Å²) in [6.45, 7) is 3.76. The molecule has 0 saturated heterocycles. The molecular weight excluding hydrogens is 359 g/mol. The van der Waals surface area contributed by atoms with Crippen LogP contribution in [-0.2, 0) is 0 Å². The molecule has 0 aliphatic rings. The van der Waals surface area contributed by atoms with E-state index in [2.05, 4.69) is 25.6 Å². The van der Waals surface area contributed by atoms with Gasteiger partial charge in [-0.1, -0.05) is 0 Å². The first-order valence-electron chi connectivity index (χ1n) is 8.05. The summed E-state index contributed by atoms with van der Waals surface area (Å²) in [5, 5.41) is 15.3. The molecule has 0 spiro atoms. The summed E-state index contributed by atoms with van der Waals surface area (Å²) in [4.78, 5) is 12.1. The van der Waals surface area contributed by atoms with Crippen LogP contribution < -0.4 is 10.6 Å². The highest BCUT2D eigenvalue weighted by Gasteiger charge is 2.15. The normalized spacial score (nSPS) is 10.9. The Morgan fingerprint density at radius 2 is 1.56 bits per heavy atom. The molecule has 0 aliphatic carbocycles. The molecule has 3 aromatic rings. The van der Waals surface area contributed by atoms with E-state index in [1.54, 1.807) is 0 Å². The molecule has 140 valence electrons. The van der Waals surface area contributed by atoms with Gasteiger partial charge in [-0.15, -0.1) is 0 Å². The molecule has 0 radical (unpaired) electrons. The summed E-state index contributed by atoms with van der Waals surface area (Å²) in [5.41, 5.74) is -0.132. The number of hydrogen-bond acceptors (Lipinski definition) is 6. The molecule has 6 nitrogen and oxygen atoms in total. The summed E-state index contributed by atoms with van der Waals surface area (Å²) in [6, 6.07) is 6.58. The Balaban J connectivity index is 2.06. The number of hydrogen-bond donors (Lipinski definition) is 3. The second-order valence-corrected chi connectivity index (χ2v) is 6.04. The molecule has 0 bridgehead atoms. The smallest absolute Gasteiger partial charge is 0.211 e. The lowest BCUT2D eigenvalue weighted by Gasteiger charge is -2.13. The molecule has 0 unspecified atom stereocenters. The second kappa shape index (κ2) is 7.48. The number of aromatic hydroxyl groups is 1. The topological polar surface area (TPSA) is 83.0 Å². The van der Waals surface area contributed by atoms with E-state index >= 15 is 0 Å². The van der Waals surface area contributed by atoms with Gasteiger partial charge in [0.25, 0.3) is 0 Å². The van der Waals surface area contributed by atoms with Gasteiger partial charge in [-0.25, -0.2) is 28.1 Å². The van der Waals surface area contributed by atoms with Crippen molar-refractivity contribution >= 4 is 17.3 Å². The number of aromatic nitrogens is 3. The Labute approximate surface area is 153 Å². The third-order valence-corrected chi connectivity index (χ3v) is 3.34. The van der Waals surface area contributed by atoms with Crippen LogP contribution in [0, 0.1) is 17.5 Å². The molecule has 0 aliphatic heterocycles. The van der Waals surface area contributed by atoms with Gasteiger partial charge in [0.1, 0.15) is 29.0 Å². The standard InChI is InChI=1S/C18H16F3N5O/c1-9(2)22-14-8-15(23-12-6-10(19)5-11(20)7-12)25-18(24-14)17-13(21)3-4-16(27)26-17/h3-9H,1-2H3,(H,26,27)(H2,22,23,24,25). The number of anilines is 3. The zero-order valence-corrected chi connectivity index (χ0v) is 14.5. The van der Waals surface area contributed by atoms with Crippen molar-refractivity contribution in [2.45, 2.75) is 19.9 Å². The van der Waals surface area contributed by atoms with Crippen molar-refractivity contribution in [2.24, 2.45) is 0 Å². The van der Waals surface area contributed by atoms with Crippen LogP contribution in [0.1, 0.15) is 13.8 Å². The highest BCUT2D eigenvalue weighted by atomic mass is 19.1. The van der Waals surface area contributed by atoms with Crippen LogP contribution in [0.15, 0.2) is 36.4 Å². The minimum Gasteiger partial charge on any atom is -0.493 e. The SMILES string of the molecule is CC(C)Nc1cc(Nc2cc(F)cc(F)c2)nc(-c2nc(O)ccc2F)n1. The van der Waals surface area contributed by atoms with Crippen molar-refractivity contribution in [1.82, 2.24) is 15.0 Å². The van der Waals surface area contributed by atoms with Crippen LogP contribution in [0.4, 0.5) is 30.5 Å². The molecule has 0 fully saturated rings. The Bertz CT molecular complexity index is 961. The molecule has 3 N–H and O–H groups in total. The monoisotopic (exact) mass is 375 g/mol. The maximum absolute atomic E-state index is 14.1. The lowest BCUT2D eigenvalue weighted by atomic mass is 10.3. The third kappa shape index (κ3) is 4.63. The molecule has 2 heterocycles. The van der Waals surface area contributed by atoms with Crippen molar-refractivity contribution in [1.29, 1.82) is 0 Å². The van der Waals surface area contributed by atoms with Crippen LogP contribution in [0.2, 0.25) is 0 Å². The van der Waals surface area contributed by atoms with E-state index in [4.69, 9.17) is 0 Å². The van der Waals surface area contributed by atoms with Crippen molar-refractivity contribution in [3.63, 3.8) is 0 Å². The molecule has 3 rings (SSSR count). The predicted octanol–water partition coefficient (Wildman–Crippen LogP) is 4.23. The summed E-state index contributed by atoms with van der Waals surface area (Å²) < 4.78 is 40.9. The van der Waals surface area contributed by atoms with Gasteiger partial charge in [0, 0.05) is 29.9 Å². The van der Waals surface area contributed by atoms with Crippen LogP contribution in [0.5, 0.6) is 5.88 Å². The van der Waals surface area contributed by atoms with Crippen LogP contribution in [0.3, 0.4) is 0 Å². The number of nitrogens with zero attached hydrogens (tertiary/aromatic N) is 3. The number of halogens is 3. The third-order valence-electron chi connectivity index (χ3n) is 3.34. The second-order valence-electron chi connectivity index (χ2n) is 6.04.